The van der Waals surface area contributed by atoms with Crippen molar-refractivity contribution in [1.82, 2.24) is 20.0 Å². The van der Waals surface area contributed by atoms with Crippen molar-refractivity contribution in [3.05, 3.63) is 64.3 Å². The van der Waals surface area contributed by atoms with Crippen molar-refractivity contribution in [2.75, 3.05) is 13.7 Å². The van der Waals surface area contributed by atoms with E-state index in [-0.39, 0.29) is 11.3 Å². The molecule has 0 amide bonds. The predicted molar refractivity (Wildman–Crippen MR) is 116 cm³/mol. The Balaban J connectivity index is 1.95. The van der Waals surface area contributed by atoms with Gasteiger partial charge in [0.25, 0.3) is 0 Å². The molecule has 2 aromatic heterocycles. The maximum Gasteiger partial charge on any atom is 0.194 e. The quantitative estimate of drug-likeness (QED) is 0.333. The summed E-state index contributed by atoms with van der Waals surface area (Å²) in [5.74, 6) is -4.38. The number of pyridine rings is 1. The number of halogens is 4. The summed E-state index contributed by atoms with van der Waals surface area (Å²) in [6.07, 6.45) is 0.811. The van der Waals surface area contributed by atoms with E-state index in [9.17, 15) is 23.4 Å². The molecule has 0 aliphatic carbocycles. The average Bonchev–Trinajstić information content (AvgIpc) is 3.28. The second-order valence-electron chi connectivity index (χ2n) is 7.37. The normalized spacial score (nSPS) is 27.6. The van der Waals surface area contributed by atoms with Crippen molar-refractivity contribution in [2.45, 2.75) is 29.3 Å². The number of hydrogen-bond donors (Lipinski definition) is 3. The SMILES string of the molecule is CO[C@@H]1[C@H](S)O[C@@H](CO)[C@@H](O)[C@@]1(c1cncc(Br)c1)n1cc(-c2cc(F)c(F)c(F)c2)nn1. The van der Waals surface area contributed by atoms with Crippen LogP contribution in [0.4, 0.5) is 13.2 Å². The van der Waals surface area contributed by atoms with Crippen LogP contribution in [0.1, 0.15) is 5.56 Å². The lowest BCUT2D eigenvalue weighted by atomic mass is 9.76. The van der Waals surface area contributed by atoms with Gasteiger partial charge in [0.15, 0.2) is 17.5 Å². The number of aromatic nitrogens is 4. The number of nitrogens with zero attached hydrogens (tertiary/aromatic N) is 4. The van der Waals surface area contributed by atoms with E-state index in [0.29, 0.717) is 10.0 Å². The number of methoxy groups -OCH3 is 1. The van der Waals surface area contributed by atoms with Gasteiger partial charge in [-0.15, -0.1) is 17.7 Å². The van der Waals surface area contributed by atoms with Crippen LogP contribution in [-0.4, -0.2) is 67.7 Å². The monoisotopic (exact) mass is 546 g/mol. The standard InChI is InChI=1S/C20H18BrF3N4O4S/c1-31-18-19(33)32-15(8-29)17(30)20(18,10-4-11(21)6-25-5-10)28-7-14(26-27-28)9-2-12(22)16(24)13(23)3-9/h2-7,15,17-19,29-30,33H,8H2,1H3/t15-,17+,18+,19-,20+/m0/s1. The Morgan fingerprint density at radius 1 is 1.24 bits per heavy atom. The Labute approximate surface area is 199 Å². The van der Waals surface area contributed by atoms with Crippen molar-refractivity contribution < 1.29 is 32.9 Å². The van der Waals surface area contributed by atoms with E-state index < -0.39 is 53.3 Å². The third-order valence-corrected chi connectivity index (χ3v) is 6.39. The zero-order chi connectivity index (χ0) is 23.9. The fourth-order valence-corrected chi connectivity index (χ4v) is 4.95. The van der Waals surface area contributed by atoms with Gasteiger partial charge in [0.1, 0.15) is 35.0 Å². The minimum Gasteiger partial charge on any atom is -0.394 e. The van der Waals surface area contributed by atoms with E-state index in [1.807, 2.05) is 0 Å². The van der Waals surface area contributed by atoms with Gasteiger partial charge in [0, 0.05) is 35.1 Å². The third kappa shape index (κ3) is 3.96. The molecule has 1 aliphatic rings. The number of ether oxygens (including phenoxy) is 2. The molecule has 33 heavy (non-hydrogen) atoms. The maximum absolute atomic E-state index is 13.8. The number of hydrogen-bond acceptors (Lipinski definition) is 8. The Bertz CT molecular complexity index is 1150. The third-order valence-electron chi connectivity index (χ3n) is 5.56. The zero-order valence-electron chi connectivity index (χ0n) is 16.9. The molecule has 176 valence electrons. The molecule has 1 aromatic carbocycles. The largest absolute Gasteiger partial charge is 0.394 e. The molecule has 3 aromatic rings. The summed E-state index contributed by atoms with van der Waals surface area (Å²) < 4.78 is 54.1. The van der Waals surface area contributed by atoms with E-state index >= 15 is 0 Å². The minimum absolute atomic E-state index is 0.0000568. The number of aliphatic hydroxyl groups is 2. The molecule has 0 unspecified atom stereocenters. The summed E-state index contributed by atoms with van der Waals surface area (Å²) in [6, 6.07) is 3.24. The maximum atomic E-state index is 13.8. The van der Waals surface area contributed by atoms with Crippen LogP contribution in [0, 0.1) is 17.5 Å². The summed E-state index contributed by atoms with van der Waals surface area (Å²) in [4.78, 5) is 4.16. The molecule has 4 rings (SSSR count). The molecule has 1 saturated heterocycles. The topological polar surface area (TPSA) is 103 Å². The van der Waals surface area contributed by atoms with Gasteiger partial charge in [-0.1, -0.05) is 5.21 Å². The summed E-state index contributed by atoms with van der Waals surface area (Å²) in [6.45, 7) is -0.548. The van der Waals surface area contributed by atoms with Crippen LogP contribution in [0.3, 0.4) is 0 Å². The molecule has 8 nitrogen and oxygen atoms in total. The highest BCUT2D eigenvalue weighted by Gasteiger charge is 2.59. The highest BCUT2D eigenvalue weighted by Crippen LogP contribution is 2.44. The highest BCUT2D eigenvalue weighted by molar-refractivity contribution is 9.10. The molecular weight excluding hydrogens is 529 g/mol. The smallest absolute Gasteiger partial charge is 0.194 e. The minimum atomic E-state index is -1.61. The zero-order valence-corrected chi connectivity index (χ0v) is 19.4. The van der Waals surface area contributed by atoms with Gasteiger partial charge >= 0.3 is 0 Å². The van der Waals surface area contributed by atoms with Crippen molar-refractivity contribution >= 4 is 28.6 Å². The summed E-state index contributed by atoms with van der Waals surface area (Å²) >= 11 is 7.79. The van der Waals surface area contributed by atoms with Gasteiger partial charge in [-0.3, -0.25) is 4.98 Å². The lowest BCUT2D eigenvalue weighted by Gasteiger charge is -2.51. The van der Waals surface area contributed by atoms with Gasteiger partial charge in [-0.2, -0.15) is 0 Å². The molecule has 0 saturated carbocycles. The van der Waals surface area contributed by atoms with E-state index in [1.165, 1.54) is 30.4 Å². The molecule has 0 radical (unpaired) electrons. The van der Waals surface area contributed by atoms with Crippen LogP contribution in [0.25, 0.3) is 11.3 Å². The van der Waals surface area contributed by atoms with E-state index in [2.05, 4.69) is 43.9 Å². The van der Waals surface area contributed by atoms with Crippen molar-refractivity contribution in [1.29, 1.82) is 0 Å². The second-order valence-corrected chi connectivity index (χ2v) is 8.79. The van der Waals surface area contributed by atoms with Gasteiger partial charge in [0.2, 0.25) is 0 Å². The van der Waals surface area contributed by atoms with Crippen molar-refractivity contribution in [2.24, 2.45) is 0 Å². The number of rotatable bonds is 5. The van der Waals surface area contributed by atoms with Crippen LogP contribution in [0.15, 0.2) is 41.3 Å². The van der Waals surface area contributed by atoms with Crippen LogP contribution in [0.2, 0.25) is 0 Å². The molecule has 0 bridgehead atoms. The molecular formula is C20H18BrF3N4O4S. The van der Waals surface area contributed by atoms with Gasteiger partial charge < -0.3 is 19.7 Å². The first-order valence-corrected chi connectivity index (χ1v) is 10.9. The summed E-state index contributed by atoms with van der Waals surface area (Å²) in [5, 5.41) is 29.3. The molecule has 5 atom stereocenters. The number of aliphatic hydroxyl groups excluding tert-OH is 2. The Morgan fingerprint density at radius 2 is 1.94 bits per heavy atom. The van der Waals surface area contributed by atoms with Crippen LogP contribution in [0.5, 0.6) is 0 Å². The fraction of sp³-hybridized carbons (Fsp3) is 0.350. The van der Waals surface area contributed by atoms with E-state index in [0.717, 1.165) is 12.1 Å². The lowest BCUT2D eigenvalue weighted by molar-refractivity contribution is -0.213. The molecule has 0 spiro atoms. The average molecular weight is 547 g/mol. The first-order valence-electron chi connectivity index (χ1n) is 9.58. The lowest BCUT2D eigenvalue weighted by Crippen LogP contribution is -2.67. The highest BCUT2D eigenvalue weighted by atomic mass is 79.9. The van der Waals surface area contributed by atoms with Crippen LogP contribution >= 0.6 is 28.6 Å². The Morgan fingerprint density at radius 3 is 2.55 bits per heavy atom. The molecule has 2 N–H and O–H groups in total. The predicted octanol–water partition coefficient (Wildman–Crippen LogP) is 2.29. The summed E-state index contributed by atoms with van der Waals surface area (Å²) in [5.41, 5.74) is -2.17. The first-order chi connectivity index (χ1) is 15.7. The summed E-state index contributed by atoms with van der Waals surface area (Å²) in [7, 11) is 1.38. The molecule has 3 heterocycles. The number of thiol groups is 1. The van der Waals surface area contributed by atoms with Gasteiger partial charge in [0.05, 0.1) is 12.8 Å². The Hall–Kier alpha value is -2.03. The number of benzene rings is 1. The van der Waals surface area contributed by atoms with Crippen molar-refractivity contribution in [3.8, 4) is 11.3 Å². The molecule has 1 aliphatic heterocycles. The van der Waals surface area contributed by atoms with Crippen molar-refractivity contribution in [3.63, 3.8) is 0 Å². The van der Waals surface area contributed by atoms with Crippen LogP contribution < -0.4 is 0 Å². The molecule has 13 heteroatoms. The second kappa shape index (κ2) is 9.31. The fourth-order valence-electron chi connectivity index (χ4n) is 4.08. The molecule has 1 fully saturated rings. The van der Waals surface area contributed by atoms with E-state index in [1.54, 1.807) is 6.07 Å². The van der Waals surface area contributed by atoms with Crippen LogP contribution in [-0.2, 0) is 15.0 Å². The first kappa shape index (κ1) is 24.1. The van der Waals surface area contributed by atoms with E-state index in [4.69, 9.17) is 9.47 Å². The Kier molecular flexibility index (Phi) is 6.80. The van der Waals surface area contributed by atoms with Gasteiger partial charge in [-0.25, -0.2) is 17.9 Å². The van der Waals surface area contributed by atoms with Gasteiger partial charge in [-0.05, 0) is 34.1 Å².